The van der Waals surface area contributed by atoms with Gasteiger partial charge in [-0.1, -0.05) is 0 Å². The summed E-state index contributed by atoms with van der Waals surface area (Å²) >= 11 is 0. The van der Waals surface area contributed by atoms with Gasteiger partial charge in [0.25, 0.3) is 0 Å². The van der Waals surface area contributed by atoms with E-state index in [1.165, 1.54) is 0 Å². The summed E-state index contributed by atoms with van der Waals surface area (Å²) in [6.45, 7) is 0. The van der Waals surface area contributed by atoms with E-state index in [1.807, 2.05) is 0 Å². The van der Waals surface area contributed by atoms with Crippen LogP contribution in [0, 0.1) is 0 Å². The Hall–Kier alpha value is 0.592. The molecule has 0 saturated carbocycles. The van der Waals surface area contributed by atoms with E-state index in [4.69, 9.17) is 9.46 Å². The van der Waals surface area contributed by atoms with Crippen LogP contribution in [-0.4, -0.2) is 22.3 Å². The minimum atomic E-state index is -0.833. The molecule has 0 atom stereocenters. The first-order valence-corrected chi connectivity index (χ1v) is 1.15. The predicted octanol–water partition coefficient (Wildman–Crippen LogP) is -0.999. The summed E-state index contributed by atoms with van der Waals surface area (Å²) in [4.78, 5) is 6.99. The van der Waals surface area contributed by atoms with Crippen LogP contribution in [0.4, 0.5) is 0 Å². The van der Waals surface area contributed by atoms with Crippen LogP contribution in [0.15, 0.2) is 0 Å². The van der Waals surface area contributed by atoms with Crippen molar-refractivity contribution < 1.29 is 9.46 Å². The van der Waals surface area contributed by atoms with Gasteiger partial charge in [-0.25, -0.2) is 4.57 Å². The monoisotopic (exact) mass is 94.0 g/mol. The van der Waals surface area contributed by atoms with Crippen LogP contribution in [0.3, 0.4) is 0 Å². The lowest BCUT2D eigenvalue weighted by atomic mass is 15.9. The molecule has 0 aliphatic heterocycles. The van der Waals surface area contributed by atoms with Crippen LogP contribution >= 0.6 is 8.69 Å². The highest BCUT2D eigenvalue weighted by Gasteiger charge is 1.28. The standard InChI is InChI=1S/Al.HO2P.3H/c;1-3-2;;;/h;(H,1,2);;;. The molecule has 0 aromatic rings. The quantitative estimate of drug-likeness (QED) is 0.309. The molecule has 0 radical (unpaired) electrons. The van der Waals surface area contributed by atoms with Gasteiger partial charge >= 0.3 is 8.69 Å². The maximum Gasteiger partial charge on any atom is 0.324 e. The Morgan fingerprint density at radius 2 is 1.75 bits per heavy atom. The topological polar surface area (TPSA) is 37.3 Å². The summed E-state index contributed by atoms with van der Waals surface area (Å²) in [5, 5.41) is 0. The van der Waals surface area contributed by atoms with E-state index in [9.17, 15) is 0 Å². The zero-order valence-electron chi connectivity index (χ0n) is 1.30. The van der Waals surface area contributed by atoms with Crippen molar-refractivity contribution >= 4 is 26.0 Å². The van der Waals surface area contributed by atoms with Crippen molar-refractivity contribution in [2.45, 2.75) is 0 Å². The van der Waals surface area contributed by atoms with Crippen molar-refractivity contribution in [3.8, 4) is 0 Å². The summed E-state index contributed by atoms with van der Waals surface area (Å²) in [7, 11) is -0.833. The van der Waals surface area contributed by atoms with E-state index in [1.54, 1.807) is 0 Å². The fourth-order valence-corrected chi connectivity index (χ4v) is 0. The molecule has 0 rings (SSSR count). The first kappa shape index (κ1) is 8.82. The van der Waals surface area contributed by atoms with Crippen LogP contribution in [0.25, 0.3) is 0 Å². The maximum absolute atomic E-state index is 8.46. The second-order valence-electron chi connectivity index (χ2n) is 0.0816. The zero-order chi connectivity index (χ0) is 2.71. The molecule has 1 N–H and O–H groups in total. The number of rotatable bonds is 0. The summed E-state index contributed by atoms with van der Waals surface area (Å²) in [5.41, 5.74) is 0. The molecule has 2 nitrogen and oxygen atoms in total. The largest absolute Gasteiger partial charge is 0.324 e. The van der Waals surface area contributed by atoms with Gasteiger partial charge in [-0.3, -0.25) is 0 Å². The molecule has 4 heteroatoms. The van der Waals surface area contributed by atoms with Crippen LogP contribution in [0.2, 0.25) is 0 Å². The lowest BCUT2D eigenvalue weighted by Crippen LogP contribution is -1.03. The summed E-state index contributed by atoms with van der Waals surface area (Å²) < 4.78 is 8.46. The van der Waals surface area contributed by atoms with Crippen molar-refractivity contribution in [1.29, 1.82) is 0 Å². The second kappa shape index (κ2) is 9.52. The van der Waals surface area contributed by atoms with Crippen LogP contribution in [-0.2, 0) is 4.57 Å². The summed E-state index contributed by atoms with van der Waals surface area (Å²) in [6, 6.07) is 0. The van der Waals surface area contributed by atoms with E-state index in [2.05, 4.69) is 0 Å². The van der Waals surface area contributed by atoms with Gasteiger partial charge in [0.1, 0.15) is 0 Å². The molecule has 0 unspecified atom stereocenters. The van der Waals surface area contributed by atoms with Gasteiger partial charge in [0.05, 0.1) is 0 Å². The minimum absolute atomic E-state index is 0. The highest BCUT2D eigenvalue weighted by molar-refractivity contribution is 7.16. The Morgan fingerprint density at radius 1 is 1.75 bits per heavy atom. The predicted molar refractivity (Wildman–Crippen MR) is 19.8 cm³/mol. The molecule has 0 aromatic heterocycles. The van der Waals surface area contributed by atoms with Crippen LogP contribution < -0.4 is 0 Å². The summed E-state index contributed by atoms with van der Waals surface area (Å²) in [5.74, 6) is 0. The van der Waals surface area contributed by atoms with Gasteiger partial charge in [0, 0.05) is 0 Å². The Labute approximate surface area is 36.2 Å². The summed E-state index contributed by atoms with van der Waals surface area (Å²) in [6.07, 6.45) is 0. The Balaban J connectivity index is 0. The highest BCUT2D eigenvalue weighted by atomic mass is 31.1. The Bertz CT molecular complexity index is 13.5. The first-order valence-electron chi connectivity index (χ1n) is 0.383. The molecule has 0 fully saturated rings. The molecule has 0 aliphatic rings. The second-order valence-corrected chi connectivity index (χ2v) is 0.245. The third-order valence-corrected chi connectivity index (χ3v) is 0. The average Bonchev–Trinajstić information content (AvgIpc) is 0.918. The third-order valence-electron chi connectivity index (χ3n) is 0. The van der Waals surface area contributed by atoms with Gasteiger partial charge < -0.3 is 4.89 Å². The lowest BCUT2D eigenvalue weighted by Gasteiger charge is -1.24. The SMILES string of the molecule is O=PO.[AlH3]. The minimum Gasteiger partial charge on any atom is -0.310 e. The molecule has 0 amide bonds. The fraction of sp³-hybridized carbons (Fsp3) is 0. The van der Waals surface area contributed by atoms with Crippen LogP contribution in [0.5, 0.6) is 0 Å². The maximum atomic E-state index is 8.46. The lowest BCUT2D eigenvalue weighted by molar-refractivity contribution is 0.524. The molecular formula is H4AlO2P. The number of hydrogen-bond donors (Lipinski definition) is 1. The van der Waals surface area contributed by atoms with Crippen molar-refractivity contribution in [1.82, 2.24) is 0 Å². The van der Waals surface area contributed by atoms with Gasteiger partial charge in [-0.15, -0.1) is 0 Å². The van der Waals surface area contributed by atoms with Crippen molar-refractivity contribution in [2.24, 2.45) is 0 Å². The van der Waals surface area contributed by atoms with Crippen molar-refractivity contribution in [3.63, 3.8) is 0 Å². The van der Waals surface area contributed by atoms with E-state index >= 15 is 0 Å². The molecule has 0 heterocycles. The number of hydrogen-bond acceptors (Lipinski definition) is 1. The molecule has 24 valence electrons. The fourth-order valence-electron chi connectivity index (χ4n) is 0. The van der Waals surface area contributed by atoms with E-state index in [0.717, 1.165) is 0 Å². The zero-order valence-corrected chi connectivity index (χ0v) is 2.20. The molecule has 0 aliphatic carbocycles. The average molecular weight is 94.0 g/mol. The molecule has 0 aromatic carbocycles. The smallest absolute Gasteiger partial charge is 0.310 e. The molecular weight excluding hydrogens is 90.0 g/mol. The van der Waals surface area contributed by atoms with E-state index in [0.29, 0.717) is 0 Å². The highest BCUT2D eigenvalue weighted by Crippen LogP contribution is 1.66. The molecule has 0 saturated heterocycles. The van der Waals surface area contributed by atoms with Crippen molar-refractivity contribution in [2.75, 3.05) is 0 Å². The molecule has 0 bridgehead atoms. The van der Waals surface area contributed by atoms with Gasteiger partial charge in [0.2, 0.25) is 0 Å². The van der Waals surface area contributed by atoms with E-state index < -0.39 is 8.69 Å². The molecule has 0 spiro atoms. The van der Waals surface area contributed by atoms with Gasteiger partial charge in [-0.05, 0) is 0 Å². The van der Waals surface area contributed by atoms with Gasteiger partial charge in [-0.2, -0.15) is 0 Å². The Kier molecular flexibility index (Phi) is 21.0. The molecule has 4 heavy (non-hydrogen) atoms. The third kappa shape index (κ3) is 18.7. The first-order chi connectivity index (χ1) is 1.41. The van der Waals surface area contributed by atoms with Crippen LogP contribution in [0.1, 0.15) is 0 Å². The van der Waals surface area contributed by atoms with E-state index in [-0.39, 0.29) is 17.4 Å². The van der Waals surface area contributed by atoms with Crippen molar-refractivity contribution in [3.05, 3.63) is 0 Å². The van der Waals surface area contributed by atoms with Gasteiger partial charge in [0.15, 0.2) is 17.4 Å². The Morgan fingerprint density at radius 3 is 1.75 bits per heavy atom. The normalized spacial score (nSPS) is 5.25.